The Hall–Kier alpha value is -1.44. The Morgan fingerprint density at radius 1 is 1.17 bits per heavy atom. The van der Waals surface area contributed by atoms with Crippen LogP contribution in [0.2, 0.25) is 0 Å². The molecule has 3 N–H and O–H groups in total. The maximum atomic E-state index is 12.5. The van der Waals surface area contributed by atoms with Crippen molar-refractivity contribution in [3.05, 3.63) is 29.8 Å². The largest absolute Gasteiger partial charge is 0.351 e. The molecule has 0 heterocycles. The second-order valence-corrected chi connectivity index (χ2v) is 7.67. The number of carbonyl (C=O) groups excluding carboxylic acids is 1. The summed E-state index contributed by atoms with van der Waals surface area (Å²) < 4.78 is 26.4. The van der Waals surface area contributed by atoms with Gasteiger partial charge in [-0.15, -0.1) is 0 Å². The predicted molar refractivity (Wildman–Crippen MR) is 95.1 cm³/mol. The Balaban J connectivity index is 2.71. The number of benzene rings is 1. The number of nitrogens with one attached hydrogen (secondary N) is 1. The minimum atomic E-state index is -3.42. The Morgan fingerprint density at radius 3 is 2.25 bits per heavy atom. The first-order valence-electron chi connectivity index (χ1n) is 8.56. The molecule has 0 unspecified atom stereocenters. The molecule has 0 aliphatic rings. The molecule has 1 atom stereocenters. The summed E-state index contributed by atoms with van der Waals surface area (Å²) in [5.41, 5.74) is 0.997. The van der Waals surface area contributed by atoms with Gasteiger partial charge in [-0.25, -0.2) is 8.42 Å². The molecule has 0 fully saturated rings. The molecule has 0 saturated heterocycles. The molecule has 1 rings (SSSR count). The van der Waals surface area contributed by atoms with E-state index in [1.54, 1.807) is 12.1 Å². The molecule has 6 nitrogen and oxygen atoms in total. The van der Waals surface area contributed by atoms with Crippen molar-refractivity contribution in [2.75, 3.05) is 26.2 Å². The molecule has 1 aromatic rings. The Morgan fingerprint density at radius 2 is 1.75 bits per heavy atom. The van der Waals surface area contributed by atoms with Crippen LogP contribution in [0, 0.1) is 0 Å². The summed E-state index contributed by atoms with van der Waals surface area (Å²) in [6, 6.07) is 7.01. The third-order valence-electron chi connectivity index (χ3n) is 3.98. The van der Waals surface area contributed by atoms with Crippen LogP contribution in [0.25, 0.3) is 0 Å². The zero-order valence-electron chi connectivity index (χ0n) is 15.1. The topological polar surface area (TPSA) is 83.1 Å². The highest BCUT2D eigenvalue weighted by atomic mass is 32.2. The van der Waals surface area contributed by atoms with Crippen LogP contribution in [0.4, 0.5) is 0 Å². The van der Waals surface area contributed by atoms with Crippen molar-refractivity contribution in [3.8, 4) is 0 Å². The van der Waals surface area contributed by atoms with E-state index in [0.717, 1.165) is 12.0 Å². The van der Waals surface area contributed by atoms with Crippen molar-refractivity contribution >= 4 is 15.9 Å². The van der Waals surface area contributed by atoms with Gasteiger partial charge < -0.3 is 10.6 Å². The quantitative estimate of drug-likeness (QED) is 0.652. The van der Waals surface area contributed by atoms with Gasteiger partial charge in [0.2, 0.25) is 10.0 Å². The predicted octanol–water partition coefficient (Wildman–Crippen LogP) is 0.868. The highest BCUT2D eigenvalue weighted by Crippen LogP contribution is 2.18. The van der Waals surface area contributed by atoms with Gasteiger partial charge in [0.15, 0.2) is 6.54 Å². The van der Waals surface area contributed by atoms with Gasteiger partial charge in [0.05, 0.1) is 4.90 Å². The number of amides is 1. The fraction of sp³-hybridized carbons (Fsp3) is 0.588. The van der Waals surface area contributed by atoms with Crippen molar-refractivity contribution in [3.63, 3.8) is 0 Å². The number of nitrogens with zero attached hydrogens (tertiary/aromatic N) is 1. The molecule has 7 heteroatoms. The third-order valence-corrected chi connectivity index (χ3v) is 6.04. The normalized spacial score (nSPS) is 13.0. The van der Waals surface area contributed by atoms with Gasteiger partial charge >= 0.3 is 0 Å². The lowest BCUT2D eigenvalue weighted by atomic mass is 10.1. The molecule has 0 bridgehead atoms. The first-order chi connectivity index (χ1) is 11.4. The maximum absolute atomic E-state index is 12.5. The average Bonchev–Trinajstić information content (AvgIpc) is 2.58. The number of hydrogen-bond acceptors (Lipinski definition) is 3. The van der Waals surface area contributed by atoms with Crippen molar-refractivity contribution in [1.29, 1.82) is 0 Å². The molecular weight excluding hydrogens is 326 g/mol. The first kappa shape index (κ1) is 20.6. The molecule has 0 saturated carbocycles. The van der Waals surface area contributed by atoms with Crippen molar-refractivity contribution in [1.82, 2.24) is 9.62 Å². The van der Waals surface area contributed by atoms with E-state index in [-0.39, 0.29) is 11.9 Å². The smallest absolute Gasteiger partial charge is 0.275 e. The van der Waals surface area contributed by atoms with E-state index in [2.05, 4.69) is 5.32 Å². The molecule has 0 spiro atoms. The van der Waals surface area contributed by atoms with Gasteiger partial charge in [-0.1, -0.05) is 32.9 Å². The SMILES string of the molecule is CCCNC(=O)C[NH2+][C@H](C)c1ccc(S(=O)(=O)N(CC)CC)cc1. The van der Waals surface area contributed by atoms with Crippen LogP contribution >= 0.6 is 0 Å². The molecule has 24 heavy (non-hydrogen) atoms. The van der Waals surface area contributed by atoms with Gasteiger partial charge in [0.25, 0.3) is 5.91 Å². The minimum absolute atomic E-state index is 0.0180. The zero-order chi connectivity index (χ0) is 18.2. The summed E-state index contributed by atoms with van der Waals surface area (Å²) in [5.74, 6) is 0.0180. The number of rotatable bonds is 10. The number of nitrogens with two attached hydrogens (primary N) is 1. The second kappa shape index (κ2) is 9.76. The average molecular weight is 357 g/mol. The van der Waals surface area contributed by atoms with Crippen LogP contribution in [0.15, 0.2) is 29.2 Å². The van der Waals surface area contributed by atoms with E-state index in [4.69, 9.17) is 0 Å². The highest BCUT2D eigenvalue weighted by molar-refractivity contribution is 7.89. The summed E-state index contributed by atoms with van der Waals surface area (Å²) in [4.78, 5) is 11.9. The molecule has 0 aliphatic carbocycles. The Bertz CT molecular complexity index is 610. The lowest BCUT2D eigenvalue weighted by Gasteiger charge is -2.19. The van der Waals surface area contributed by atoms with Crippen LogP contribution in [0.3, 0.4) is 0 Å². The van der Waals surface area contributed by atoms with Crippen molar-refractivity contribution in [2.24, 2.45) is 0 Å². The number of sulfonamides is 1. The number of hydrogen-bond donors (Lipinski definition) is 2. The van der Waals surface area contributed by atoms with Crippen LogP contribution in [0.1, 0.15) is 45.7 Å². The first-order valence-corrected chi connectivity index (χ1v) is 10.0. The Kier molecular flexibility index (Phi) is 8.38. The van der Waals surface area contributed by atoms with E-state index < -0.39 is 10.0 Å². The van der Waals surface area contributed by atoms with Crippen molar-refractivity contribution < 1.29 is 18.5 Å². The molecule has 0 aromatic heterocycles. The molecule has 1 aromatic carbocycles. The minimum Gasteiger partial charge on any atom is -0.351 e. The van der Waals surface area contributed by atoms with Gasteiger partial charge in [0.1, 0.15) is 6.04 Å². The van der Waals surface area contributed by atoms with E-state index in [0.29, 0.717) is 31.1 Å². The van der Waals surface area contributed by atoms with Gasteiger partial charge in [-0.2, -0.15) is 4.31 Å². The van der Waals surface area contributed by atoms with Crippen LogP contribution in [-0.4, -0.2) is 44.8 Å². The van der Waals surface area contributed by atoms with Gasteiger partial charge in [-0.05, 0) is 25.5 Å². The lowest BCUT2D eigenvalue weighted by molar-refractivity contribution is -0.682. The highest BCUT2D eigenvalue weighted by Gasteiger charge is 2.21. The van der Waals surface area contributed by atoms with E-state index in [9.17, 15) is 13.2 Å². The van der Waals surface area contributed by atoms with Crippen LogP contribution in [0.5, 0.6) is 0 Å². The van der Waals surface area contributed by atoms with Crippen LogP contribution in [-0.2, 0) is 14.8 Å². The molecular formula is C17H30N3O3S+. The zero-order valence-corrected chi connectivity index (χ0v) is 15.9. The van der Waals surface area contributed by atoms with Crippen LogP contribution < -0.4 is 10.6 Å². The van der Waals surface area contributed by atoms with Crippen molar-refractivity contribution in [2.45, 2.75) is 45.1 Å². The fourth-order valence-corrected chi connectivity index (χ4v) is 3.87. The van der Waals surface area contributed by atoms with E-state index in [1.807, 2.05) is 45.1 Å². The Labute approximate surface area is 145 Å². The third kappa shape index (κ3) is 5.58. The maximum Gasteiger partial charge on any atom is 0.275 e. The molecule has 0 aliphatic heterocycles. The van der Waals surface area contributed by atoms with Gasteiger partial charge in [0, 0.05) is 25.2 Å². The second-order valence-electron chi connectivity index (χ2n) is 5.74. The van der Waals surface area contributed by atoms with Gasteiger partial charge in [-0.3, -0.25) is 4.79 Å². The van der Waals surface area contributed by atoms with E-state index in [1.165, 1.54) is 4.31 Å². The molecule has 1 amide bonds. The summed E-state index contributed by atoms with van der Waals surface area (Å²) in [6.45, 7) is 9.64. The molecule has 0 radical (unpaired) electrons. The lowest BCUT2D eigenvalue weighted by Crippen LogP contribution is -2.87. The number of quaternary nitrogens is 1. The summed E-state index contributed by atoms with van der Waals surface area (Å²) >= 11 is 0. The fourth-order valence-electron chi connectivity index (χ4n) is 2.41. The summed E-state index contributed by atoms with van der Waals surface area (Å²) in [7, 11) is -3.42. The summed E-state index contributed by atoms with van der Waals surface area (Å²) in [6.07, 6.45) is 0.920. The molecule has 136 valence electrons. The number of carbonyl (C=O) groups is 1. The monoisotopic (exact) mass is 356 g/mol. The summed E-state index contributed by atoms with van der Waals surface area (Å²) in [5, 5.41) is 4.78. The standard InChI is InChI=1S/C17H29N3O3S/c1-5-12-18-17(21)13-19-14(4)15-8-10-16(11-9-15)24(22,23)20(6-2)7-3/h8-11,14,19H,5-7,12-13H2,1-4H3,(H,18,21)/p+1/t14-/m1/s1. The van der Waals surface area contributed by atoms with E-state index >= 15 is 0 Å².